The van der Waals surface area contributed by atoms with Gasteiger partial charge >= 0.3 is 0 Å². The largest absolute Gasteiger partial charge is 0.240 e. The quantitative estimate of drug-likeness (QED) is 0.748. The second-order valence-electron chi connectivity index (χ2n) is 3.95. The van der Waals surface area contributed by atoms with Crippen LogP contribution in [0.4, 0.5) is 0 Å². The van der Waals surface area contributed by atoms with Crippen LogP contribution in [0.2, 0.25) is 0 Å². The lowest BCUT2D eigenvalue weighted by Gasteiger charge is -2.12. The molecule has 0 saturated heterocycles. The van der Waals surface area contributed by atoms with E-state index in [9.17, 15) is 16.8 Å². The van der Waals surface area contributed by atoms with Crippen molar-refractivity contribution in [1.82, 2.24) is 4.72 Å². The van der Waals surface area contributed by atoms with Crippen molar-refractivity contribution in [2.75, 3.05) is 0 Å². The van der Waals surface area contributed by atoms with Gasteiger partial charge in [-0.1, -0.05) is 6.07 Å². The van der Waals surface area contributed by atoms with Crippen molar-refractivity contribution in [3.8, 4) is 12.3 Å². The van der Waals surface area contributed by atoms with Crippen LogP contribution < -0.4 is 9.86 Å². The van der Waals surface area contributed by atoms with Crippen molar-refractivity contribution < 1.29 is 16.8 Å². The first-order valence-corrected chi connectivity index (χ1v) is 8.28. The maximum Gasteiger partial charge on any atom is 0.240 e. The van der Waals surface area contributed by atoms with Crippen molar-refractivity contribution in [3.63, 3.8) is 0 Å². The summed E-state index contributed by atoms with van der Waals surface area (Å²) in [5.41, 5.74) is 0. The van der Waals surface area contributed by atoms with Gasteiger partial charge in [-0.2, -0.15) is 0 Å². The average molecular weight is 302 g/mol. The Morgan fingerprint density at radius 2 is 1.89 bits per heavy atom. The summed E-state index contributed by atoms with van der Waals surface area (Å²) in [6, 6.07) is 4.35. The first-order valence-electron chi connectivity index (χ1n) is 5.25. The smallest absolute Gasteiger partial charge is 0.225 e. The Labute approximate surface area is 113 Å². The van der Waals surface area contributed by atoms with Gasteiger partial charge in [0.2, 0.25) is 20.0 Å². The summed E-state index contributed by atoms with van der Waals surface area (Å²) in [4.78, 5) is -0.442. The number of terminal acetylenes is 1. The lowest BCUT2D eigenvalue weighted by molar-refractivity contribution is 0.563. The molecule has 6 nitrogen and oxygen atoms in total. The van der Waals surface area contributed by atoms with Gasteiger partial charge in [0.15, 0.2) is 0 Å². The second kappa shape index (κ2) is 5.71. The number of nitrogens with one attached hydrogen (secondary N) is 1. The molecule has 1 rings (SSSR count). The highest BCUT2D eigenvalue weighted by atomic mass is 32.2. The minimum absolute atomic E-state index is 0.178. The first kappa shape index (κ1) is 15.7. The normalized spacial score (nSPS) is 13.7. The number of rotatable bonds is 5. The van der Waals surface area contributed by atoms with Gasteiger partial charge in [0.25, 0.3) is 0 Å². The van der Waals surface area contributed by atoms with Crippen LogP contribution in [0.15, 0.2) is 34.1 Å². The number of nitrogens with two attached hydrogens (primary N) is 1. The molecule has 0 radical (unpaired) electrons. The Morgan fingerprint density at radius 1 is 1.32 bits per heavy atom. The van der Waals surface area contributed by atoms with Gasteiger partial charge in [-0.05, 0) is 25.1 Å². The van der Waals surface area contributed by atoms with Crippen molar-refractivity contribution in [1.29, 1.82) is 0 Å². The highest BCUT2D eigenvalue weighted by molar-refractivity contribution is 7.90. The van der Waals surface area contributed by atoms with E-state index >= 15 is 0 Å². The van der Waals surface area contributed by atoms with E-state index in [-0.39, 0.29) is 16.2 Å². The highest BCUT2D eigenvalue weighted by Gasteiger charge is 2.19. The average Bonchev–Trinajstić information content (AvgIpc) is 2.27. The van der Waals surface area contributed by atoms with Crippen molar-refractivity contribution in [3.05, 3.63) is 24.3 Å². The minimum atomic E-state index is -3.95. The van der Waals surface area contributed by atoms with Gasteiger partial charge in [-0.25, -0.2) is 26.7 Å². The molecule has 104 valence electrons. The molecule has 1 aromatic rings. The molecule has 3 N–H and O–H groups in total. The molecule has 1 aromatic carbocycles. The van der Waals surface area contributed by atoms with E-state index in [0.717, 1.165) is 6.07 Å². The summed E-state index contributed by atoms with van der Waals surface area (Å²) in [5, 5.41) is 4.95. The van der Waals surface area contributed by atoms with Crippen molar-refractivity contribution in [2.45, 2.75) is 29.2 Å². The van der Waals surface area contributed by atoms with Gasteiger partial charge in [0, 0.05) is 12.5 Å². The van der Waals surface area contributed by atoms with Crippen LogP contribution in [0.5, 0.6) is 0 Å². The monoisotopic (exact) mass is 302 g/mol. The van der Waals surface area contributed by atoms with Crippen LogP contribution >= 0.6 is 0 Å². The van der Waals surface area contributed by atoms with Crippen LogP contribution in [0, 0.1) is 12.3 Å². The van der Waals surface area contributed by atoms with E-state index < -0.39 is 26.1 Å². The van der Waals surface area contributed by atoms with E-state index in [4.69, 9.17) is 11.6 Å². The zero-order valence-corrected chi connectivity index (χ0v) is 11.8. The lowest BCUT2D eigenvalue weighted by Crippen LogP contribution is -2.32. The zero-order valence-electron chi connectivity index (χ0n) is 10.2. The van der Waals surface area contributed by atoms with E-state index in [1.165, 1.54) is 18.2 Å². The molecule has 0 spiro atoms. The second-order valence-corrected chi connectivity index (χ2v) is 7.23. The maximum atomic E-state index is 12.0. The molecule has 0 aliphatic heterocycles. The molecule has 0 amide bonds. The van der Waals surface area contributed by atoms with E-state index in [2.05, 4.69) is 10.6 Å². The van der Waals surface area contributed by atoms with Gasteiger partial charge in [-0.15, -0.1) is 12.3 Å². The Bertz CT molecular complexity index is 702. The Balaban J connectivity index is 3.14. The van der Waals surface area contributed by atoms with Crippen LogP contribution in [-0.2, 0) is 20.0 Å². The number of sulfonamides is 2. The first-order chi connectivity index (χ1) is 8.66. The summed E-state index contributed by atoms with van der Waals surface area (Å²) in [7, 11) is -7.78. The topological polar surface area (TPSA) is 106 Å². The molecule has 0 heterocycles. The third kappa shape index (κ3) is 4.33. The zero-order chi connectivity index (χ0) is 14.7. The fraction of sp³-hybridized carbons (Fsp3) is 0.273. The number of primary sulfonamides is 1. The molecule has 0 aliphatic rings. The number of hydrogen-bond acceptors (Lipinski definition) is 4. The Hall–Kier alpha value is -1.40. The molecule has 1 atom stereocenters. The summed E-state index contributed by atoms with van der Waals surface area (Å²) < 4.78 is 48.7. The fourth-order valence-corrected chi connectivity index (χ4v) is 3.29. The summed E-state index contributed by atoms with van der Waals surface area (Å²) in [6.45, 7) is 1.61. The lowest BCUT2D eigenvalue weighted by atomic mass is 10.3. The number of hydrogen-bond donors (Lipinski definition) is 2. The van der Waals surface area contributed by atoms with Gasteiger partial charge in [-0.3, -0.25) is 0 Å². The van der Waals surface area contributed by atoms with Gasteiger partial charge < -0.3 is 0 Å². The number of benzene rings is 1. The Kier molecular flexibility index (Phi) is 4.70. The van der Waals surface area contributed by atoms with Crippen molar-refractivity contribution >= 4 is 20.0 Å². The van der Waals surface area contributed by atoms with E-state index in [0.29, 0.717) is 0 Å². The van der Waals surface area contributed by atoms with Crippen molar-refractivity contribution in [2.24, 2.45) is 5.14 Å². The molecular formula is C11H14N2O4S2. The molecule has 0 aliphatic carbocycles. The Morgan fingerprint density at radius 3 is 2.42 bits per heavy atom. The van der Waals surface area contributed by atoms with Gasteiger partial charge in [0.05, 0.1) is 9.79 Å². The van der Waals surface area contributed by atoms with Crippen LogP contribution in [0.3, 0.4) is 0 Å². The minimum Gasteiger partial charge on any atom is -0.225 e. The van der Waals surface area contributed by atoms with E-state index in [1.54, 1.807) is 6.92 Å². The molecule has 19 heavy (non-hydrogen) atoms. The van der Waals surface area contributed by atoms with E-state index in [1.807, 2.05) is 0 Å². The highest BCUT2D eigenvalue weighted by Crippen LogP contribution is 2.15. The SMILES string of the molecule is C#CCC(C)NS(=O)(=O)c1cccc(S(N)(=O)=O)c1. The summed E-state index contributed by atoms with van der Waals surface area (Å²) in [6.07, 6.45) is 5.32. The molecule has 0 fully saturated rings. The molecule has 1 unspecified atom stereocenters. The predicted molar refractivity (Wildman–Crippen MR) is 71.0 cm³/mol. The molecule has 8 heteroatoms. The third-order valence-electron chi connectivity index (χ3n) is 2.22. The predicted octanol–water partition coefficient (Wildman–Crippen LogP) is 0.0241. The third-order valence-corrected chi connectivity index (χ3v) is 4.72. The van der Waals surface area contributed by atoms with Crippen LogP contribution in [0.1, 0.15) is 13.3 Å². The van der Waals surface area contributed by atoms with Crippen LogP contribution in [-0.4, -0.2) is 22.9 Å². The molecule has 0 bridgehead atoms. The molecule has 0 aromatic heterocycles. The van der Waals surface area contributed by atoms with Gasteiger partial charge in [0.1, 0.15) is 0 Å². The maximum absolute atomic E-state index is 12.0. The van der Waals surface area contributed by atoms with Crippen LogP contribution in [0.25, 0.3) is 0 Å². The summed E-state index contributed by atoms with van der Waals surface area (Å²) >= 11 is 0. The standard InChI is InChI=1S/C11H14N2O4S2/c1-3-5-9(2)13-19(16,17)11-7-4-6-10(8-11)18(12,14)15/h1,4,6-9,13H,5H2,2H3,(H2,12,14,15). The molecular weight excluding hydrogens is 288 g/mol. The fourth-order valence-electron chi connectivity index (χ4n) is 1.37. The molecule has 0 saturated carbocycles. The summed E-state index contributed by atoms with van der Waals surface area (Å²) in [5.74, 6) is 2.33.